The van der Waals surface area contributed by atoms with Gasteiger partial charge in [0, 0.05) is 43.0 Å². The summed E-state index contributed by atoms with van der Waals surface area (Å²) in [7, 11) is 7.95. The Morgan fingerprint density at radius 1 is 1.00 bits per heavy atom. The molecule has 10 heteroatoms. The average molecular weight is 485 g/mol. The van der Waals surface area contributed by atoms with E-state index in [9.17, 15) is 24.3 Å². The number of hydrogen-bond donors (Lipinski definition) is 2. The van der Waals surface area contributed by atoms with Crippen molar-refractivity contribution in [2.75, 3.05) is 67.5 Å². The number of esters is 1. The first-order chi connectivity index (χ1) is 15.7. The molecule has 0 bridgehead atoms. The van der Waals surface area contributed by atoms with Crippen molar-refractivity contribution in [3.63, 3.8) is 0 Å². The summed E-state index contributed by atoms with van der Waals surface area (Å²) in [6.07, 6.45) is 2.47. The average Bonchev–Trinajstić information content (AvgIpc) is 2.71. The van der Waals surface area contributed by atoms with Crippen molar-refractivity contribution < 1.29 is 33.5 Å². The monoisotopic (exact) mass is 484 g/mol. The second-order valence-electron chi connectivity index (χ2n) is 9.06. The molecular formula is C24H44N4O6. The number of aliphatic carboxylic acids is 1. The van der Waals surface area contributed by atoms with Crippen LogP contribution in [0, 0.1) is 0 Å². The van der Waals surface area contributed by atoms with Crippen LogP contribution in [0.2, 0.25) is 0 Å². The van der Waals surface area contributed by atoms with Crippen molar-refractivity contribution in [3.05, 3.63) is 24.3 Å². The van der Waals surface area contributed by atoms with Gasteiger partial charge in [-0.3, -0.25) is 14.4 Å². The molecule has 1 rings (SSSR count). The van der Waals surface area contributed by atoms with Crippen molar-refractivity contribution in [1.29, 1.82) is 0 Å². The number of carboxylic acid groups (broad SMARTS) is 1. The first-order valence-electron chi connectivity index (χ1n) is 11.4. The third kappa shape index (κ3) is 22.5. The third-order valence-corrected chi connectivity index (χ3v) is 4.56. The van der Waals surface area contributed by atoms with Crippen molar-refractivity contribution in [2.45, 2.75) is 39.5 Å². The molecule has 10 nitrogen and oxygen atoms in total. The molecular weight excluding hydrogens is 440 g/mol. The van der Waals surface area contributed by atoms with E-state index in [1.165, 1.54) is 0 Å². The van der Waals surface area contributed by atoms with Gasteiger partial charge in [0.05, 0.1) is 33.6 Å². The minimum Gasteiger partial charge on any atom is -0.550 e. The molecule has 0 saturated carbocycles. The number of carbonyl (C=O) groups is 4. The molecule has 1 heterocycles. The first-order valence-corrected chi connectivity index (χ1v) is 11.4. The molecule has 0 unspecified atom stereocenters. The minimum absolute atomic E-state index is 0.0474. The van der Waals surface area contributed by atoms with Crippen molar-refractivity contribution in [3.8, 4) is 0 Å². The van der Waals surface area contributed by atoms with E-state index in [1.807, 2.05) is 28.2 Å². The Hall–Kier alpha value is -2.72. The Kier molecular flexibility index (Phi) is 18.4. The maximum Gasteiger partial charge on any atom is 0.309 e. The topological polar surface area (TPSA) is 128 Å². The van der Waals surface area contributed by atoms with Gasteiger partial charge in [-0.25, -0.2) is 0 Å². The molecule has 1 saturated heterocycles. The van der Waals surface area contributed by atoms with E-state index in [2.05, 4.69) is 33.4 Å². The van der Waals surface area contributed by atoms with Crippen LogP contribution in [0.25, 0.3) is 0 Å². The van der Waals surface area contributed by atoms with Crippen LogP contribution < -0.4 is 15.7 Å². The lowest BCUT2D eigenvalue weighted by Gasteiger charge is -2.30. The molecule has 1 aliphatic rings. The molecule has 0 aromatic carbocycles. The number of amides is 2. The number of rotatable bonds is 13. The zero-order valence-corrected chi connectivity index (χ0v) is 21.8. The van der Waals surface area contributed by atoms with Gasteiger partial charge in [0.1, 0.15) is 6.61 Å². The number of ether oxygens (including phenoxy) is 1. The maximum absolute atomic E-state index is 11.2. The zero-order valence-electron chi connectivity index (χ0n) is 21.8. The second kappa shape index (κ2) is 18.7. The first kappa shape index (κ1) is 33.5. The SMILES string of the molecule is C=C(C)C(=O)NCCCN(C)C.C=C(C)C(=O)NCCC[N+](C)(C)CCC(=O)[O-].O=C1CCO1. The number of hydrogen-bond acceptors (Lipinski definition) is 7. The molecule has 2 N–H and O–H groups in total. The van der Waals surface area contributed by atoms with E-state index in [1.54, 1.807) is 13.8 Å². The van der Waals surface area contributed by atoms with Crippen LogP contribution in [0.15, 0.2) is 24.3 Å². The predicted molar refractivity (Wildman–Crippen MR) is 130 cm³/mol. The van der Waals surface area contributed by atoms with Crippen molar-refractivity contribution in [2.24, 2.45) is 0 Å². The summed E-state index contributed by atoms with van der Waals surface area (Å²) in [4.78, 5) is 44.3. The van der Waals surface area contributed by atoms with Crippen LogP contribution >= 0.6 is 0 Å². The highest BCUT2D eigenvalue weighted by molar-refractivity contribution is 5.92. The number of nitrogens with one attached hydrogen (secondary N) is 2. The lowest BCUT2D eigenvalue weighted by atomic mass is 10.3. The standard InChI is InChI=1S/C12H22N2O3.C9H18N2O.C3H4O2/c1-10(2)12(17)13-7-5-8-14(3,4)9-6-11(15)16;1-8(2)9(12)10-6-5-7-11(3)4;4-3-1-2-5-3/h1,5-9H2,2-4H3,(H-,13,15,16,17);1,5-7H2,2-4H3,(H,10,12);1-2H2. The highest BCUT2D eigenvalue weighted by Gasteiger charge is 2.14. The van der Waals surface area contributed by atoms with Crippen LogP contribution in [0.4, 0.5) is 0 Å². The molecule has 0 atom stereocenters. The molecule has 2 amide bonds. The van der Waals surface area contributed by atoms with Gasteiger partial charge >= 0.3 is 5.97 Å². The normalized spacial score (nSPS) is 12.0. The highest BCUT2D eigenvalue weighted by Crippen LogP contribution is 2.01. The summed E-state index contributed by atoms with van der Waals surface area (Å²) in [6, 6.07) is 0. The van der Waals surface area contributed by atoms with E-state index in [4.69, 9.17) is 0 Å². The molecule has 0 aromatic rings. The fourth-order valence-corrected chi connectivity index (χ4v) is 2.30. The van der Waals surface area contributed by atoms with Crippen molar-refractivity contribution in [1.82, 2.24) is 15.5 Å². The number of nitrogens with zero attached hydrogens (tertiary/aromatic N) is 2. The van der Waals surface area contributed by atoms with Gasteiger partial charge in [0.2, 0.25) is 11.8 Å². The van der Waals surface area contributed by atoms with E-state index in [0.717, 1.165) is 32.5 Å². The fraction of sp³-hybridized carbons (Fsp3) is 0.667. The Morgan fingerprint density at radius 3 is 1.76 bits per heavy atom. The molecule has 0 radical (unpaired) electrons. The number of carbonyl (C=O) groups excluding carboxylic acids is 4. The lowest BCUT2D eigenvalue weighted by Crippen LogP contribution is -2.44. The quantitative estimate of drug-likeness (QED) is 0.161. The number of carboxylic acids is 1. The summed E-state index contributed by atoms with van der Waals surface area (Å²) in [5, 5.41) is 15.9. The van der Waals surface area contributed by atoms with Gasteiger partial charge in [0.25, 0.3) is 0 Å². The van der Waals surface area contributed by atoms with Gasteiger partial charge in [-0.2, -0.15) is 0 Å². The predicted octanol–water partition coefficient (Wildman–Crippen LogP) is -0.151. The van der Waals surface area contributed by atoms with E-state index in [-0.39, 0.29) is 24.2 Å². The van der Waals surface area contributed by atoms with E-state index in [0.29, 0.717) is 41.7 Å². The third-order valence-electron chi connectivity index (χ3n) is 4.56. The van der Waals surface area contributed by atoms with Gasteiger partial charge in [-0.1, -0.05) is 13.2 Å². The Bertz CT molecular complexity index is 683. The summed E-state index contributed by atoms with van der Waals surface area (Å²) in [5.41, 5.74) is 1.07. The molecule has 0 aromatic heterocycles. The number of cyclic esters (lactones) is 1. The summed E-state index contributed by atoms with van der Waals surface area (Å²) in [5.74, 6) is -1.27. The Balaban J connectivity index is 0. The summed E-state index contributed by atoms with van der Waals surface area (Å²) in [6.45, 7) is 14.8. The van der Waals surface area contributed by atoms with Crippen LogP contribution in [0.3, 0.4) is 0 Å². The Labute approximate surface area is 204 Å². The zero-order chi connectivity index (χ0) is 26.7. The highest BCUT2D eigenvalue weighted by atomic mass is 16.6. The Morgan fingerprint density at radius 2 is 1.44 bits per heavy atom. The molecule has 1 aliphatic heterocycles. The largest absolute Gasteiger partial charge is 0.550 e. The molecule has 196 valence electrons. The fourth-order valence-electron chi connectivity index (χ4n) is 2.30. The summed E-state index contributed by atoms with van der Waals surface area (Å²) < 4.78 is 4.90. The van der Waals surface area contributed by atoms with Gasteiger partial charge in [-0.15, -0.1) is 0 Å². The van der Waals surface area contributed by atoms with Crippen LogP contribution in [0.5, 0.6) is 0 Å². The molecule has 1 fully saturated rings. The van der Waals surface area contributed by atoms with Gasteiger partial charge in [0.15, 0.2) is 0 Å². The molecule has 34 heavy (non-hydrogen) atoms. The number of quaternary nitrogens is 1. The lowest BCUT2D eigenvalue weighted by molar-refractivity contribution is -0.890. The molecule has 0 aliphatic carbocycles. The van der Waals surface area contributed by atoms with E-state index >= 15 is 0 Å². The maximum atomic E-state index is 11.2. The summed E-state index contributed by atoms with van der Waals surface area (Å²) >= 11 is 0. The van der Waals surface area contributed by atoms with Crippen LogP contribution in [-0.4, -0.2) is 101 Å². The van der Waals surface area contributed by atoms with Gasteiger partial charge < -0.3 is 34.7 Å². The van der Waals surface area contributed by atoms with Gasteiger partial charge in [-0.05, 0) is 40.9 Å². The molecule has 0 spiro atoms. The van der Waals surface area contributed by atoms with Crippen LogP contribution in [-0.2, 0) is 23.9 Å². The smallest absolute Gasteiger partial charge is 0.309 e. The van der Waals surface area contributed by atoms with E-state index < -0.39 is 5.97 Å². The minimum atomic E-state index is -1.02. The second-order valence-corrected chi connectivity index (χ2v) is 9.06. The van der Waals surface area contributed by atoms with Crippen LogP contribution in [0.1, 0.15) is 39.5 Å². The van der Waals surface area contributed by atoms with Crippen molar-refractivity contribution >= 4 is 23.8 Å².